The Labute approximate surface area is 149 Å². The van der Waals surface area contributed by atoms with E-state index in [9.17, 15) is 9.18 Å². The standard InChI is InChI=1S/C18H18FN5O2/c1-2-14-12-9-11(19)3-4-15(12)26-8-6-20-18(25)13-10-21-24-7-5-16(22-14)23-17(13)24/h3-5,7,9-10,14H,2,6,8H2,1H3,(H,20,25)(H,22,23). The molecular formula is C18H18FN5O2. The number of aromatic nitrogens is 3. The van der Waals surface area contributed by atoms with Gasteiger partial charge in [0.1, 0.15) is 29.6 Å². The van der Waals surface area contributed by atoms with Gasteiger partial charge in [-0.3, -0.25) is 4.79 Å². The second-order valence-corrected chi connectivity index (χ2v) is 6.03. The fourth-order valence-corrected chi connectivity index (χ4v) is 3.03. The van der Waals surface area contributed by atoms with Crippen LogP contribution in [0.5, 0.6) is 5.75 Å². The molecule has 1 aliphatic heterocycles. The summed E-state index contributed by atoms with van der Waals surface area (Å²) in [4.78, 5) is 16.9. The third-order valence-corrected chi connectivity index (χ3v) is 4.34. The van der Waals surface area contributed by atoms with Gasteiger partial charge in [0.15, 0.2) is 5.65 Å². The third kappa shape index (κ3) is 2.94. The van der Waals surface area contributed by atoms with Crippen molar-refractivity contribution >= 4 is 17.4 Å². The molecule has 2 bridgehead atoms. The van der Waals surface area contributed by atoms with Crippen LogP contribution in [0, 0.1) is 5.82 Å². The Morgan fingerprint density at radius 3 is 3.12 bits per heavy atom. The minimum absolute atomic E-state index is 0.188. The summed E-state index contributed by atoms with van der Waals surface area (Å²) >= 11 is 0. The Balaban J connectivity index is 1.81. The molecule has 0 aliphatic carbocycles. The van der Waals surface area contributed by atoms with Crippen LogP contribution < -0.4 is 15.4 Å². The van der Waals surface area contributed by atoms with Crippen LogP contribution in [0.4, 0.5) is 10.2 Å². The number of carbonyl (C=O) groups excluding carboxylic acids is 1. The average Bonchev–Trinajstić information content (AvgIpc) is 3.06. The van der Waals surface area contributed by atoms with Crippen LogP contribution in [0.25, 0.3) is 5.65 Å². The number of ether oxygens (including phenoxy) is 1. The molecule has 0 fully saturated rings. The highest BCUT2D eigenvalue weighted by Crippen LogP contribution is 2.31. The molecule has 134 valence electrons. The normalized spacial score (nSPS) is 17.3. The summed E-state index contributed by atoms with van der Waals surface area (Å²) < 4.78 is 21.2. The van der Waals surface area contributed by atoms with Gasteiger partial charge in [0.2, 0.25) is 0 Å². The van der Waals surface area contributed by atoms with Crippen LogP contribution in [-0.2, 0) is 0 Å². The van der Waals surface area contributed by atoms with Crippen molar-refractivity contribution in [1.82, 2.24) is 19.9 Å². The third-order valence-electron chi connectivity index (χ3n) is 4.34. The largest absolute Gasteiger partial charge is 0.491 e. The zero-order chi connectivity index (χ0) is 18.1. The van der Waals surface area contributed by atoms with Gasteiger partial charge in [-0.2, -0.15) is 5.10 Å². The van der Waals surface area contributed by atoms with Crippen molar-refractivity contribution in [3.63, 3.8) is 0 Å². The van der Waals surface area contributed by atoms with Crippen LogP contribution in [0.3, 0.4) is 0 Å². The molecule has 26 heavy (non-hydrogen) atoms. The van der Waals surface area contributed by atoms with Gasteiger partial charge in [0, 0.05) is 11.8 Å². The molecule has 1 aliphatic rings. The highest BCUT2D eigenvalue weighted by molar-refractivity contribution is 5.99. The Kier molecular flexibility index (Phi) is 4.16. The van der Waals surface area contributed by atoms with E-state index in [4.69, 9.17) is 4.74 Å². The topological polar surface area (TPSA) is 80.5 Å². The van der Waals surface area contributed by atoms with Gasteiger partial charge in [0.25, 0.3) is 5.91 Å². The van der Waals surface area contributed by atoms with Crippen molar-refractivity contribution in [3.8, 4) is 5.75 Å². The van der Waals surface area contributed by atoms with Crippen LogP contribution in [-0.4, -0.2) is 33.7 Å². The number of anilines is 1. The number of hydrogen-bond acceptors (Lipinski definition) is 5. The first-order valence-electron chi connectivity index (χ1n) is 8.47. The van der Waals surface area contributed by atoms with Crippen molar-refractivity contribution in [2.75, 3.05) is 18.5 Å². The highest BCUT2D eigenvalue weighted by atomic mass is 19.1. The molecule has 7 nitrogen and oxygen atoms in total. The highest BCUT2D eigenvalue weighted by Gasteiger charge is 2.19. The summed E-state index contributed by atoms with van der Waals surface area (Å²) in [5, 5.41) is 10.3. The first-order chi connectivity index (χ1) is 12.7. The number of amides is 1. The number of nitrogens with zero attached hydrogens (tertiary/aromatic N) is 3. The van der Waals surface area contributed by atoms with Crippen molar-refractivity contribution in [2.45, 2.75) is 19.4 Å². The molecule has 1 amide bonds. The van der Waals surface area contributed by atoms with Gasteiger partial charge < -0.3 is 15.4 Å². The summed E-state index contributed by atoms with van der Waals surface area (Å²) in [6.45, 7) is 2.59. The molecular weight excluding hydrogens is 337 g/mol. The fraction of sp³-hybridized carbons (Fsp3) is 0.278. The fourth-order valence-electron chi connectivity index (χ4n) is 3.03. The zero-order valence-corrected chi connectivity index (χ0v) is 14.2. The van der Waals surface area contributed by atoms with E-state index in [0.29, 0.717) is 41.3 Å². The van der Waals surface area contributed by atoms with Crippen molar-refractivity contribution in [1.29, 1.82) is 0 Å². The minimum atomic E-state index is -0.327. The zero-order valence-electron chi connectivity index (χ0n) is 14.2. The Bertz CT molecular complexity index is 971. The van der Waals surface area contributed by atoms with E-state index >= 15 is 0 Å². The van der Waals surface area contributed by atoms with Gasteiger partial charge in [-0.05, 0) is 30.7 Å². The predicted molar refractivity (Wildman–Crippen MR) is 93.9 cm³/mol. The maximum atomic E-state index is 13.8. The van der Waals surface area contributed by atoms with Crippen LogP contribution in [0.15, 0.2) is 36.7 Å². The van der Waals surface area contributed by atoms with Gasteiger partial charge in [-0.1, -0.05) is 6.92 Å². The second-order valence-electron chi connectivity index (χ2n) is 6.03. The van der Waals surface area contributed by atoms with Crippen LogP contribution in [0.1, 0.15) is 35.3 Å². The lowest BCUT2D eigenvalue weighted by atomic mass is 10.0. The number of fused-ring (bicyclic) bond motifs is 2. The second kappa shape index (κ2) is 6.62. The molecule has 2 aromatic heterocycles. The minimum Gasteiger partial charge on any atom is -0.491 e. The molecule has 1 unspecified atom stereocenters. The number of benzene rings is 1. The summed E-state index contributed by atoms with van der Waals surface area (Å²) in [7, 11) is 0. The number of rotatable bonds is 1. The molecule has 1 aromatic carbocycles. The van der Waals surface area contributed by atoms with Crippen LogP contribution >= 0.6 is 0 Å². The molecule has 3 heterocycles. The smallest absolute Gasteiger partial charge is 0.256 e. The Morgan fingerprint density at radius 2 is 2.27 bits per heavy atom. The number of hydrogen-bond donors (Lipinski definition) is 2. The van der Waals surface area contributed by atoms with Gasteiger partial charge >= 0.3 is 0 Å². The van der Waals surface area contributed by atoms with E-state index in [1.54, 1.807) is 22.8 Å². The molecule has 4 rings (SSSR count). The lowest BCUT2D eigenvalue weighted by Crippen LogP contribution is -2.28. The van der Waals surface area contributed by atoms with E-state index in [0.717, 1.165) is 0 Å². The number of halogens is 1. The SMILES string of the molecule is CCC1Nc2ccn3ncc(c3n2)C(=O)NCCOc2ccc(F)cc21. The van der Waals surface area contributed by atoms with Gasteiger partial charge in [-0.15, -0.1) is 0 Å². The predicted octanol–water partition coefficient (Wildman–Crippen LogP) is 2.55. The lowest BCUT2D eigenvalue weighted by Gasteiger charge is -2.21. The number of carbonyl (C=O) groups is 1. The van der Waals surface area contributed by atoms with Gasteiger partial charge in [-0.25, -0.2) is 13.9 Å². The number of nitrogens with one attached hydrogen (secondary N) is 2. The first kappa shape index (κ1) is 16.3. The molecule has 1 atom stereocenters. The van der Waals surface area contributed by atoms with E-state index in [-0.39, 0.29) is 24.4 Å². The van der Waals surface area contributed by atoms with E-state index in [2.05, 4.69) is 20.7 Å². The summed E-state index contributed by atoms with van der Waals surface area (Å²) in [5.74, 6) is 0.572. The molecule has 8 heteroatoms. The summed E-state index contributed by atoms with van der Waals surface area (Å²) in [5.41, 5.74) is 1.57. The summed E-state index contributed by atoms with van der Waals surface area (Å²) in [6.07, 6.45) is 3.93. The average molecular weight is 355 g/mol. The molecule has 0 saturated heterocycles. The lowest BCUT2D eigenvalue weighted by molar-refractivity contribution is 0.0948. The summed E-state index contributed by atoms with van der Waals surface area (Å²) in [6, 6.07) is 6.03. The quantitative estimate of drug-likeness (QED) is 0.701. The van der Waals surface area contributed by atoms with E-state index < -0.39 is 0 Å². The first-order valence-corrected chi connectivity index (χ1v) is 8.47. The van der Waals surface area contributed by atoms with Gasteiger partial charge in [0.05, 0.1) is 18.8 Å². The van der Waals surface area contributed by atoms with E-state index in [1.807, 2.05) is 6.92 Å². The monoisotopic (exact) mass is 355 g/mol. The Hall–Kier alpha value is -3.16. The molecule has 2 N–H and O–H groups in total. The molecule has 3 aromatic rings. The van der Waals surface area contributed by atoms with Crippen LogP contribution in [0.2, 0.25) is 0 Å². The van der Waals surface area contributed by atoms with E-state index in [1.165, 1.54) is 18.3 Å². The maximum absolute atomic E-state index is 13.8. The molecule has 0 radical (unpaired) electrons. The molecule has 0 saturated carbocycles. The molecule has 0 spiro atoms. The Morgan fingerprint density at radius 1 is 1.38 bits per heavy atom. The van der Waals surface area contributed by atoms with Crippen molar-refractivity contribution in [2.24, 2.45) is 0 Å². The maximum Gasteiger partial charge on any atom is 0.256 e. The van der Waals surface area contributed by atoms with Crippen molar-refractivity contribution in [3.05, 3.63) is 53.6 Å². The van der Waals surface area contributed by atoms with Crippen molar-refractivity contribution < 1.29 is 13.9 Å².